The number of thioether (sulfide) groups is 1. The second-order valence-corrected chi connectivity index (χ2v) is 12.0. The number of benzene rings is 1. The third kappa shape index (κ3) is 2.70. The van der Waals surface area contributed by atoms with Gasteiger partial charge >= 0.3 is 10.8 Å². The van der Waals surface area contributed by atoms with Crippen LogP contribution in [0, 0.1) is 29.6 Å². The molecule has 1 saturated heterocycles. The Balaban J connectivity index is 1.48. The maximum atomic E-state index is 13.2. The molecule has 2 saturated carbocycles. The number of carbonyl (C=O) groups excluding carboxylic acids is 2. The van der Waals surface area contributed by atoms with Gasteiger partial charge in [0, 0.05) is 15.5 Å². The predicted molar refractivity (Wildman–Crippen MR) is 120 cm³/mol. The van der Waals surface area contributed by atoms with E-state index in [4.69, 9.17) is 4.74 Å². The summed E-state index contributed by atoms with van der Waals surface area (Å²) in [6.07, 6.45) is 0.758. The molecular weight excluding hydrogens is 464 g/mol. The van der Waals surface area contributed by atoms with E-state index in [2.05, 4.69) is 11.9 Å². The standard InChI is InChI=1S/C23H22N2O6S2/c1-23-12-7-11(15-16(12)21(29)25(20(15)28)8-13(26)27)17(23)14(9-3-5-10(31-2)6-4-9)18-19(33-23)24-22(30)32-18/h3-6,11-12,14-17H,7-8H2,1-2H3,(H,24,30)(H,26,27)/t11-,12+,14+,15-,16-,17-,23-/m1/s1. The van der Waals surface area contributed by atoms with Crippen LogP contribution in [0.3, 0.4) is 0 Å². The Morgan fingerprint density at radius 2 is 1.91 bits per heavy atom. The zero-order chi connectivity index (χ0) is 23.2. The van der Waals surface area contributed by atoms with Crippen LogP contribution in [0.4, 0.5) is 0 Å². The first kappa shape index (κ1) is 21.0. The van der Waals surface area contributed by atoms with Crippen LogP contribution in [0.1, 0.15) is 29.7 Å². The number of aromatic amines is 1. The third-order valence-corrected chi connectivity index (χ3v) is 10.8. The van der Waals surface area contributed by atoms with Crippen LogP contribution >= 0.6 is 23.1 Å². The number of fused-ring (bicyclic) bond motifs is 9. The third-order valence-electron chi connectivity index (χ3n) is 8.14. The number of nitrogens with zero attached hydrogens (tertiary/aromatic N) is 1. The number of ether oxygens (including phenoxy) is 1. The molecule has 33 heavy (non-hydrogen) atoms. The minimum atomic E-state index is -1.18. The van der Waals surface area contributed by atoms with Crippen LogP contribution in [0.25, 0.3) is 0 Å². The number of carboxylic acid groups (broad SMARTS) is 1. The lowest BCUT2D eigenvalue weighted by Gasteiger charge is -2.50. The molecule has 2 amide bonds. The van der Waals surface area contributed by atoms with Crippen molar-refractivity contribution in [2.45, 2.75) is 29.0 Å². The van der Waals surface area contributed by atoms with Crippen molar-refractivity contribution in [1.29, 1.82) is 0 Å². The number of nitrogens with one attached hydrogen (secondary N) is 1. The van der Waals surface area contributed by atoms with E-state index in [0.717, 1.165) is 32.5 Å². The highest BCUT2D eigenvalue weighted by atomic mass is 32.2. The summed E-state index contributed by atoms with van der Waals surface area (Å²) in [6, 6.07) is 7.82. The van der Waals surface area contributed by atoms with E-state index in [9.17, 15) is 24.3 Å². The molecule has 2 N–H and O–H groups in total. The highest BCUT2D eigenvalue weighted by molar-refractivity contribution is 8.00. The van der Waals surface area contributed by atoms with Crippen molar-refractivity contribution >= 4 is 40.9 Å². The molecule has 1 aromatic carbocycles. The van der Waals surface area contributed by atoms with Crippen molar-refractivity contribution in [3.05, 3.63) is 44.4 Å². The summed E-state index contributed by atoms with van der Waals surface area (Å²) in [5.41, 5.74) is 1.05. The molecular formula is C23H22N2O6S2. The maximum Gasteiger partial charge on any atom is 0.323 e. The van der Waals surface area contributed by atoms with Gasteiger partial charge < -0.3 is 14.8 Å². The number of aliphatic carboxylic acids is 1. The van der Waals surface area contributed by atoms with Gasteiger partial charge in [-0.1, -0.05) is 23.5 Å². The van der Waals surface area contributed by atoms with E-state index in [0.29, 0.717) is 0 Å². The Bertz CT molecular complexity index is 1250. The number of H-pyrrole nitrogens is 1. The van der Waals surface area contributed by atoms with E-state index in [1.165, 1.54) is 11.3 Å². The number of carbonyl (C=O) groups is 3. The van der Waals surface area contributed by atoms with Crippen molar-refractivity contribution in [2.24, 2.45) is 29.6 Å². The van der Waals surface area contributed by atoms with Crippen molar-refractivity contribution in [3.8, 4) is 5.75 Å². The molecule has 6 rings (SSSR count). The molecule has 2 bridgehead atoms. The Kier molecular flexibility index (Phi) is 4.42. The number of rotatable bonds is 4. The zero-order valence-corrected chi connectivity index (χ0v) is 19.6. The van der Waals surface area contributed by atoms with Gasteiger partial charge in [-0.05, 0) is 48.8 Å². The number of carboxylic acids is 1. The van der Waals surface area contributed by atoms with Crippen LogP contribution in [0.15, 0.2) is 34.1 Å². The summed E-state index contributed by atoms with van der Waals surface area (Å²) in [5, 5.41) is 10.1. The Morgan fingerprint density at radius 3 is 2.58 bits per heavy atom. The fourth-order valence-electron chi connectivity index (χ4n) is 7.04. The molecule has 10 heteroatoms. The smallest absolute Gasteiger partial charge is 0.323 e. The van der Waals surface area contributed by atoms with E-state index >= 15 is 0 Å². The van der Waals surface area contributed by atoms with E-state index in [-0.39, 0.29) is 45.1 Å². The largest absolute Gasteiger partial charge is 0.497 e. The van der Waals surface area contributed by atoms with Gasteiger partial charge in [-0.15, -0.1) is 11.8 Å². The summed E-state index contributed by atoms with van der Waals surface area (Å²) in [4.78, 5) is 54.9. The summed E-state index contributed by atoms with van der Waals surface area (Å²) in [7, 11) is 1.61. The van der Waals surface area contributed by atoms with Gasteiger partial charge in [0.1, 0.15) is 12.3 Å². The SMILES string of the molecule is COc1ccc([C@@H]2c3sc(=O)[nH]c3S[C@@]3(C)[C@@H]2[C@@H]2C[C@H]3[C@H]3C(=O)N(CC(=O)O)C(=O)[C@H]23)cc1. The molecule has 7 atom stereocenters. The fourth-order valence-corrected chi connectivity index (χ4v) is 9.91. The quantitative estimate of drug-likeness (QED) is 0.638. The number of hydrogen-bond donors (Lipinski definition) is 2. The number of methoxy groups -OCH3 is 1. The minimum absolute atomic E-state index is 0.0441. The number of amides is 2. The lowest BCUT2D eigenvalue weighted by atomic mass is 9.63. The average molecular weight is 487 g/mol. The minimum Gasteiger partial charge on any atom is -0.497 e. The normalized spacial score (nSPS) is 36.0. The van der Waals surface area contributed by atoms with Crippen molar-refractivity contribution < 1.29 is 24.2 Å². The highest BCUT2D eigenvalue weighted by Crippen LogP contribution is 2.73. The monoisotopic (exact) mass is 486 g/mol. The summed E-state index contributed by atoms with van der Waals surface area (Å²) >= 11 is 2.83. The van der Waals surface area contributed by atoms with E-state index < -0.39 is 24.3 Å². The Hall–Kier alpha value is -2.59. The first-order valence-corrected chi connectivity index (χ1v) is 12.5. The van der Waals surface area contributed by atoms with Gasteiger partial charge in [0.25, 0.3) is 0 Å². The van der Waals surface area contributed by atoms with Crippen LogP contribution in [0.5, 0.6) is 5.75 Å². The number of hydrogen-bond acceptors (Lipinski definition) is 7. The number of thiazole rings is 1. The molecule has 3 fully saturated rings. The van der Waals surface area contributed by atoms with Gasteiger partial charge in [0.2, 0.25) is 11.8 Å². The fraction of sp³-hybridized carbons (Fsp3) is 0.478. The van der Waals surface area contributed by atoms with Gasteiger partial charge in [-0.25, -0.2) is 0 Å². The predicted octanol–water partition coefficient (Wildman–Crippen LogP) is 2.39. The van der Waals surface area contributed by atoms with Crippen LogP contribution < -0.4 is 9.61 Å². The van der Waals surface area contributed by atoms with E-state index in [1.54, 1.807) is 18.9 Å². The number of likely N-dealkylation sites (tertiary alicyclic amines) is 1. The van der Waals surface area contributed by atoms with Gasteiger partial charge in [0.05, 0.1) is 24.0 Å². The topological polar surface area (TPSA) is 117 Å². The van der Waals surface area contributed by atoms with Crippen LogP contribution in [0.2, 0.25) is 0 Å². The number of imide groups is 1. The molecule has 2 aromatic rings. The van der Waals surface area contributed by atoms with Crippen LogP contribution in [-0.4, -0.2) is 51.2 Å². The first-order valence-electron chi connectivity index (χ1n) is 10.9. The molecule has 2 aliphatic heterocycles. The molecule has 172 valence electrons. The van der Waals surface area contributed by atoms with Crippen LogP contribution in [-0.2, 0) is 14.4 Å². The molecule has 1 aromatic heterocycles. The molecule has 0 radical (unpaired) electrons. The lowest BCUT2D eigenvalue weighted by molar-refractivity contribution is -0.149. The Labute approximate surface area is 197 Å². The Morgan fingerprint density at radius 1 is 1.21 bits per heavy atom. The van der Waals surface area contributed by atoms with Gasteiger partial charge in [-0.2, -0.15) is 0 Å². The molecule has 4 aliphatic rings. The van der Waals surface area contributed by atoms with Crippen molar-refractivity contribution in [1.82, 2.24) is 9.88 Å². The first-order chi connectivity index (χ1) is 15.7. The van der Waals surface area contributed by atoms with Crippen molar-refractivity contribution in [2.75, 3.05) is 13.7 Å². The maximum absolute atomic E-state index is 13.2. The summed E-state index contributed by atoms with van der Waals surface area (Å²) < 4.78 is 4.96. The lowest BCUT2D eigenvalue weighted by Crippen LogP contribution is -2.50. The molecule has 8 nitrogen and oxygen atoms in total. The van der Waals surface area contributed by atoms with E-state index in [1.807, 2.05) is 24.3 Å². The average Bonchev–Trinajstić information content (AvgIpc) is 3.48. The number of aromatic nitrogens is 1. The molecule has 0 unspecified atom stereocenters. The molecule has 2 aliphatic carbocycles. The molecule has 0 spiro atoms. The second-order valence-electron chi connectivity index (χ2n) is 9.48. The zero-order valence-electron chi connectivity index (χ0n) is 17.9. The van der Waals surface area contributed by atoms with Gasteiger partial charge in [0.15, 0.2) is 0 Å². The molecule has 3 heterocycles. The van der Waals surface area contributed by atoms with Gasteiger partial charge in [-0.3, -0.25) is 24.1 Å². The highest BCUT2D eigenvalue weighted by Gasteiger charge is 2.73. The second kappa shape index (κ2) is 6.96. The van der Waals surface area contributed by atoms with Crippen molar-refractivity contribution in [3.63, 3.8) is 0 Å². The summed E-state index contributed by atoms with van der Waals surface area (Å²) in [6.45, 7) is 1.57. The summed E-state index contributed by atoms with van der Waals surface area (Å²) in [5.74, 6) is -2.28.